The number of hydrogen-bond donors (Lipinski definition) is 1. The van der Waals surface area contributed by atoms with Crippen molar-refractivity contribution in [2.75, 3.05) is 0 Å². The van der Waals surface area contributed by atoms with Gasteiger partial charge in [-0.1, -0.05) is 29.3 Å². The summed E-state index contributed by atoms with van der Waals surface area (Å²) in [5.41, 5.74) is 0.437. The Morgan fingerprint density at radius 3 is 2.76 bits per heavy atom. The van der Waals surface area contributed by atoms with Gasteiger partial charge in [0.25, 0.3) is 0 Å². The van der Waals surface area contributed by atoms with Crippen LogP contribution < -0.4 is 0 Å². The number of hydrogen-bond acceptors (Lipinski definition) is 3. The minimum absolute atomic E-state index is 0.0413. The van der Waals surface area contributed by atoms with Gasteiger partial charge >= 0.3 is 0 Å². The summed E-state index contributed by atoms with van der Waals surface area (Å²) in [5, 5.41) is 13.8. The number of aromatic hydroxyl groups is 1. The number of aromatic nitrogens is 1. The van der Waals surface area contributed by atoms with Gasteiger partial charge in [0.15, 0.2) is 5.69 Å². The molecule has 2 aromatic rings. The Balaban J connectivity index is 2.95. The highest BCUT2D eigenvalue weighted by atomic mass is 35.5. The Kier molecular flexibility index (Phi) is 3.09. The number of nitrogens with zero attached hydrogens (tertiary/aromatic N) is 2. The summed E-state index contributed by atoms with van der Waals surface area (Å²) in [6, 6.07) is 3.15. The van der Waals surface area contributed by atoms with Crippen LogP contribution in [0.2, 0.25) is 10.0 Å². The van der Waals surface area contributed by atoms with E-state index in [1.54, 1.807) is 18.2 Å². The Hall–Kier alpha value is -1.52. The smallest absolute Gasteiger partial charge is 0.222 e. The number of nitroso groups, excluding NO2 is 1. The van der Waals surface area contributed by atoms with Gasteiger partial charge in [-0.25, -0.2) is 0 Å². The zero-order chi connectivity index (χ0) is 12.6. The van der Waals surface area contributed by atoms with Crippen molar-refractivity contribution in [1.82, 2.24) is 4.57 Å². The lowest BCUT2D eigenvalue weighted by molar-refractivity contribution is 0.431. The summed E-state index contributed by atoms with van der Waals surface area (Å²) in [6.07, 6.45) is 1.57. The summed E-state index contributed by atoms with van der Waals surface area (Å²) >= 11 is 12.0. The number of halogens is 2. The first-order valence-corrected chi connectivity index (χ1v) is 5.50. The van der Waals surface area contributed by atoms with Crippen molar-refractivity contribution in [2.24, 2.45) is 5.18 Å². The molecule has 0 radical (unpaired) electrons. The Labute approximate surface area is 107 Å². The average molecular weight is 271 g/mol. The molecule has 0 amide bonds. The maximum absolute atomic E-state index is 10.7. The van der Waals surface area contributed by atoms with E-state index in [0.717, 1.165) is 0 Å². The molecule has 88 valence electrons. The first-order valence-electron chi connectivity index (χ1n) is 4.75. The summed E-state index contributed by atoms with van der Waals surface area (Å²) in [6.45, 7) is 3.88. The third kappa shape index (κ3) is 1.69. The fourth-order valence-corrected chi connectivity index (χ4v) is 2.17. The van der Waals surface area contributed by atoms with Crippen LogP contribution >= 0.6 is 23.2 Å². The van der Waals surface area contributed by atoms with Crippen molar-refractivity contribution < 1.29 is 5.11 Å². The van der Waals surface area contributed by atoms with Crippen molar-refractivity contribution in [3.05, 3.63) is 39.7 Å². The molecule has 0 aliphatic heterocycles. The number of fused-ring (bicyclic) bond motifs is 1. The predicted octanol–water partition coefficient (Wildman–Crippen LogP) is 4.24. The molecule has 0 saturated heterocycles. The molecule has 0 saturated carbocycles. The minimum Gasteiger partial charge on any atom is -0.493 e. The van der Waals surface area contributed by atoms with E-state index in [4.69, 9.17) is 23.2 Å². The fraction of sp³-hybridized carbons (Fsp3) is 0.0909. The molecular weight excluding hydrogens is 263 g/mol. The zero-order valence-electron chi connectivity index (χ0n) is 8.65. The monoisotopic (exact) mass is 270 g/mol. The first kappa shape index (κ1) is 12.0. The number of allylic oxidation sites excluding steroid dienone is 1. The molecule has 0 atom stereocenters. The fourth-order valence-electron chi connectivity index (χ4n) is 1.75. The van der Waals surface area contributed by atoms with Crippen molar-refractivity contribution in [1.29, 1.82) is 0 Å². The van der Waals surface area contributed by atoms with Crippen LogP contribution in [0.1, 0.15) is 0 Å². The summed E-state index contributed by atoms with van der Waals surface area (Å²) in [4.78, 5) is 10.7. The molecule has 0 unspecified atom stereocenters. The molecule has 4 nitrogen and oxygen atoms in total. The average Bonchev–Trinajstić information content (AvgIpc) is 2.58. The molecule has 0 bridgehead atoms. The van der Waals surface area contributed by atoms with E-state index in [9.17, 15) is 10.0 Å². The second-order valence-electron chi connectivity index (χ2n) is 3.42. The van der Waals surface area contributed by atoms with Gasteiger partial charge in [-0.3, -0.25) is 0 Å². The topological polar surface area (TPSA) is 54.6 Å². The third-order valence-electron chi connectivity index (χ3n) is 2.46. The van der Waals surface area contributed by atoms with Crippen LogP contribution in [0.25, 0.3) is 10.9 Å². The van der Waals surface area contributed by atoms with Crippen molar-refractivity contribution >= 4 is 39.8 Å². The summed E-state index contributed by atoms with van der Waals surface area (Å²) in [7, 11) is 0. The second kappa shape index (κ2) is 4.39. The standard InChI is InChI=1S/C11H8Cl2N2O2/c1-2-5-15-10-6(9(14-17)11(15)16)3-4-7(12)8(10)13/h2-4,16H,1,5H2. The molecule has 1 heterocycles. The van der Waals surface area contributed by atoms with Crippen LogP contribution in [0.5, 0.6) is 5.88 Å². The van der Waals surface area contributed by atoms with Gasteiger partial charge in [-0.15, -0.1) is 11.5 Å². The van der Waals surface area contributed by atoms with Gasteiger partial charge < -0.3 is 9.67 Å². The molecule has 17 heavy (non-hydrogen) atoms. The normalized spacial score (nSPS) is 10.7. The summed E-state index contributed by atoms with van der Waals surface area (Å²) < 4.78 is 1.44. The van der Waals surface area contributed by atoms with E-state index < -0.39 is 0 Å². The Morgan fingerprint density at radius 1 is 1.47 bits per heavy atom. The van der Waals surface area contributed by atoms with Crippen LogP contribution in [-0.4, -0.2) is 9.67 Å². The number of benzene rings is 1. The zero-order valence-corrected chi connectivity index (χ0v) is 10.2. The van der Waals surface area contributed by atoms with Gasteiger partial charge in [0, 0.05) is 11.9 Å². The van der Waals surface area contributed by atoms with Gasteiger partial charge in [0.05, 0.1) is 15.6 Å². The quantitative estimate of drug-likeness (QED) is 0.670. The van der Waals surface area contributed by atoms with Crippen LogP contribution in [0.3, 0.4) is 0 Å². The Bertz CT molecular complexity index is 620. The van der Waals surface area contributed by atoms with Gasteiger partial charge in [0.2, 0.25) is 5.88 Å². The molecule has 6 heteroatoms. The van der Waals surface area contributed by atoms with E-state index in [1.165, 1.54) is 4.57 Å². The Morgan fingerprint density at radius 2 is 2.18 bits per heavy atom. The maximum Gasteiger partial charge on any atom is 0.222 e. The second-order valence-corrected chi connectivity index (χ2v) is 4.21. The van der Waals surface area contributed by atoms with Crippen molar-refractivity contribution in [2.45, 2.75) is 6.54 Å². The molecule has 0 fully saturated rings. The van der Waals surface area contributed by atoms with E-state index in [-0.39, 0.29) is 16.6 Å². The molecule has 2 rings (SSSR count). The van der Waals surface area contributed by atoms with Gasteiger partial charge in [-0.2, -0.15) is 0 Å². The SMILES string of the molecule is C=CCn1c(O)c(N=O)c2ccc(Cl)c(Cl)c21. The molecule has 0 aliphatic rings. The largest absolute Gasteiger partial charge is 0.493 e. The number of rotatable bonds is 3. The van der Waals surface area contributed by atoms with Gasteiger partial charge in [-0.05, 0) is 17.3 Å². The van der Waals surface area contributed by atoms with Crippen molar-refractivity contribution in [3.8, 4) is 5.88 Å². The lowest BCUT2D eigenvalue weighted by Gasteiger charge is -2.05. The lowest BCUT2D eigenvalue weighted by atomic mass is 10.2. The molecular formula is C11H8Cl2N2O2. The highest BCUT2D eigenvalue weighted by Gasteiger charge is 2.20. The maximum atomic E-state index is 10.7. The van der Waals surface area contributed by atoms with E-state index in [0.29, 0.717) is 22.5 Å². The molecule has 1 aromatic carbocycles. The molecule has 0 spiro atoms. The summed E-state index contributed by atoms with van der Waals surface area (Å²) in [5.74, 6) is -0.237. The van der Waals surface area contributed by atoms with E-state index in [2.05, 4.69) is 11.8 Å². The van der Waals surface area contributed by atoms with Gasteiger partial charge in [0.1, 0.15) is 0 Å². The van der Waals surface area contributed by atoms with Crippen LogP contribution in [-0.2, 0) is 6.54 Å². The van der Waals surface area contributed by atoms with Crippen LogP contribution in [0.15, 0.2) is 30.0 Å². The van der Waals surface area contributed by atoms with Crippen LogP contribution in [0.4, 0.5) is 5.69 Å². The molecule has 1 aromatic heterocycles. The van der Waals surface area contributed by atoms with Crippen LogP contribution in [0, 0.1) is 4.91 Å². The first-order chi connectivity index (χ1) is 8.11. The highest BCUT2D eigenvalue weighted by molar-refractivity contribution is 6.45. The van der Waals surface area contributed by atoms with E-state index >= 15 is 0 Å². The lowest BCUT2D eigenvalue weighted by Crippen LogP contribution is -1.94. The highest BCUT2D eigenvalue weighted by Crippen LogP contribution is 2.43. The minimum atomic E-state index is -0.237. The molecule has 1 N–H and O–H groups in total. The van der Waals surface area contributed by atoms with Crippen molar-refractivity contribution in [3.63, 3.8) is 0 Å². The predicted molar refractivity (Wildman–Crippen MR) is 69.3 cm³/mol. The van der Waals surface area contributed by atoms with E-state index in [1.807, 2.05) is 0 Å². The third-order valence-corrected chi connectivity index (χ3v) is 3.26. The molecule has 0 aliphatic carbocycles.